The molecular weight excluding hydrogens is 291 g/mol. The molecule has 0 amide bonds. The fourth-order valence-electron chi connectivity index (χ4n) is 1.05. The second kappa shape index (κ2) is 4.32. The van der Waals surface area contributed by atoms with Crippen LogP contribution in [0, 0.1) is 0 Å². The summed E-state index contributed by atoms with van der Waals surface area (Å²) in [5, 5.41) is 0. The minimum absolute atomic E-state index is 0.0773. The largest absolute Gasteiger partial charge is 0.573 e. The van der Waals surface area contributed by atoms with Crippen LogP contribution in [0.5, 0.6) is 5.75 Å². The van der Waals surface area contributed by atoms with E-state index < -0.39 is 12.1 Å². The summed E-state index contributed by atoms with van der Waals surface area (Å²) in [4.78, 5) is 11.1. The number of halogens is 4. The van der Waals surface area contributed by atoms with Gasteiger partial charge in [0.25, 0.3) is 0 Å². The first-order chi connectivity index (χ1) is 7.20. The molecule has 0 aliphatic heterocycles. The molecule has 7 heteroatoms. The number of benzene rings is 1. The van der Waals surface area contributed by atoms with E-state index in [9.17, 15) is 18.0 Å². The van der Waals surface area contributed by atoms with E-state index in [4.69, 9.17) is 5.73 Å². The van der Waals surface area contributed by atoms with Crippen LogP contribution in [0.3, 0.4) is 0 Å². The molecule has 16 heavy (non-hydrogen) atoms. The number of rotatable bonds is 2. The SMILES string of the molecule is CC(=O)c1cc(OC(F)(F)F)c(N)cc1Br. The zero-order valence-corrected chi connectivity index (χ0v) is 9.65. The molecule has 1 aromatic carbocycles. The maximum absolute atomic E-state index is 12.0. The van der Waals surface area contributed by atoms with Gasteiger partial charge in [-0.2, -0.15) is 0 Å². The lowest BCUT2D eigenvalue weighted by atomic mass is 10.1. The van der Waals surface area contributed by atoms with Crippen LogP contribution >= 0.6 is 15.9 Å². The Bertz CT molecular complexity index is 431. The molecule has 0 aliphatic rings. The molecule has 0 saturated heterocycles. The first-order valence-corrected chi connectivity index (χ1v) is 4.85. The Hall–Kier alpha value is -1.24. The summed E-state index contributed by atoms with van der Waals surface area (Å²) in [5.74, 6) is -0.972. The molecule has 2 N–H and O–H groups in total. The average molecular weight is 298 g/mol. The van der Waals surface area contributed by atoms with Gasteiger partial charge in [-0.3, -0.25) is 4.79 Å². The molecule has 88 valence electrons. The smallest absolute Gasteiger partial charge is 0.404 e. The van der Waals surface area contributed by atoms with Crippen molar-refractivity contribution < 1.29 is 22.7 Å². The van der Waals surface area contributed by atoms with E-state index in [0.29, 0.717) is 4.47 Å². The van der Waals surface area contributed by atoms with E-state index in [1.54, 1.807) is 0 Å². The number of hydrogen-bond acceptors (Lipinski definition) is 3. The fraction of sp³-hybridized carbons (Fsp3) is 0.222. The molecule has 1 aromatic rings. The Kier molecular flexibility index (Phi) is 3.47. The van der Waals surface area contributed by atoms with Crippen LogP contribution in [0.2, 0.25) is 0 Å². The number of ether oxygens (including phenoxy) is 1. The highest BCUT2D eigenvalue weighted by Gasteiger charge is 2.32. The van der Waals surface area contributed by atoms with Crippen LogP contribution in [0.25, 0.3) is 0 Å². The minimum Gasteiger partial charge on any atom is -0.404 e. The van der Waals surface area contributed by atoms with E-state index in [0.717, 1.165) is 6.07 Å². The van der Waals surface area contributed by atoms with E-state index >= 15 is 0 Å². The van der Waals surface area contributed by atoms with Crippen molar-refractivity contribution in [2.75, 3.05) is 5.73 Å². The van der Waals surface area contributed by atoms with Gasteiger partial charge < -0.3 is 10.5 Å². The van der Waals surface area contributed by atoms with Crippen molar-refractivity contribution in [2.45, 2.75) is 13.3 Å². The number of carbonyl (C=O) groups is 1. The van der Waals surface area contributed by atoms with Crippen molar-refractivity contribution in [2.24, 2.45) is 0 Å². The predicted octanol–water partition coefficient (Wildman–Crippen LogP) is 3.13. The van der Waals surface area contributed by atoms with Crippen molar-refractivity contribution in [1.82, 2.24) is 0 Å². The highest BCUT2D eigenvalue weighted by Crippen LogP contribution is 2.33. The molecule has 0 saturated carbocycles. The normalized spacial score (nSPS) is 11.3. The number of alkyl halides is 3. The van der Waals surface area contributed by atoms with E-state index in [2.05, 4.69) is 20.7 Å². The Labute approximate surface area is 97.5 Å². The summed E-state index contributed by atoms with van der Waals surface area (Å²) in [6.07, 6.45) is -4.84. The Morgan fingerprint density at radius 3 is 2.44 bits per heavy atom. The molecule has 0 unspecified atom stereocenters. The van der Waals surface area contributed by atoms with E-state index in [-0.39, 0.29) is 17.0 Å². The van der Waals surface area contributed by atoms with Gasteiger partial charge in [0.05, 0.1) is 5.69 Å². The van der Waals surface area contributed by atoms with Crippen molar-refractivity contribution in [3.05, 3.63) is 22.2 Å². The molecule has 0 atom stereocenters. The van der Waals surface area contributed by atoms with Crippen LogP contribution in [-0.2, 0) is 0 Å². The number of Topliss-reactive ketones (excluding diaryl/α,β-unsaturated/α-hetero) is 1. The van der Waals surface area contributed by atoms with Crippen LogP contribution < -0.4 is 10.5 Å². The number of carbonyl (C=O) groups excluding carboxylic acids is 1. The Balaban J connectivity index is 3.20. The van der Waals surface area contributed by atoms with Gasteiger partial charge in [0.2, 0.25) is 0 Å². The molecular formula is C9H7BrF3NO2. The molecule has 0 heterocycles. The first kappa shape index (κ1) is 12.8. The maximum Gasteiger partial charge on any atom is 0.573 e. The molecule has 0 spiro atoms. The van der Waals surface area contributed by atoms with E-state index in [1.165, 1.54) is 13.0 Å². The molecule has 0 radical (unpaired) electrons. The molecule has 0 aliphatic carbocycles. The molecule has 1 rings (SSSR count). The van der Waals surface area contributed by atoms with Crippen LogP contribution in [0.4, 0.5) is 18.9 Å². The van der Waals surface area contributed by atoms with Gasteiger partial charge in [0.1, 0.15) is 0 Å². The maximum atomic E-state index is 12.0. The van der Waals surface area contributed by atoms with Crippen molar-refractivity contribution in [3.63, 3.8) is 0 Å². The highest BCUT2D eigenvalue weighted by molar-refractivity contribution is 9.10. The fourth-order valence-corrected chi connectivity index (χ4v) is 1.69. The topological polar surface area (TPSA) is 52.3 Å². The van der Waals surface area contributed by atoms with Crippen LogP contribution in [-0.4, -0.2) is 12.1 Å². The van der Waals surface area contributed by atoms with Crippen LogP contribution in [0.15, 0.2) is 16.6 Å². The molecule has 3 nitrogen and oxygen atoms in total. The van der Waals surface area contributed by atoms with Crippen LogP contribution in [0.1, 0.15) is 17.3 Å². The Morgan fingerprint density at radius 1 is 1.44 bits per heavy atom. The van der Waals surface area contributed by atoms with Crippen molar-refractivity contribution in [3.8, 4) is 5.75 Å². The lowest BCUT2D eigenvalue weighted by Gasteiger charge is -2.12. The highest BCUT2D eigenvalue weighted by atomic mass is 79.9. The summed E-state index contributed by atoms with van der Waals surface area (Å²) in [7, 11) is 0. The van der Waals surface area contributed by atoms with Gasteiger partial charge in [-0.15, -0.1) is 13.2 Å². The van der Waals surface area contributed by atoms with Gasteiger partial charge in [0.15, 0.2) is 11.5 Å². The molecule has 0 fully saturated rings. The molecule has 0 bridgehead atoms. The van der Waals surface area contributed by atoms with Gasteiger partial charge in [0, 0.05) is 10.0 Å². The summed E-state index contributed by atoms with van der Waals surface area (Å²) in [6, 6.07) is 2.15. The second-order valence-electron chi connectivity index (χ2n) is 2.97. The number of nitrogens with two attached hydrogens (primary N) is 1. The summed E-state index contributed by atoms with van der Waals surface area (Å²) < 4.78 is 39.9. The van der Waals surface area contributed by atoms with Gasteiger partial charge in [-0.1, -0.05) is 0 Å². The monoisotopic (exact) mass is 297 g/mol. The van der Waals surface area contributed by atoms with Gasteiger partial charge in [-0.25, -0.2) is 0 Å². The zero-order valence-electron chi connectivity index (χ0n) is 8.06. The van der Waals surface area contributed by atoms with Gasteiger partial charge >= 0.3 is 6.36 Å². The standard InChI is InChI=1S/C9H7BrF3NO2/c1-4(15)5-2-8(16-9(11,12)13)7(14)3-6(5)10/h2-3H,14H2,1H3. The lowest BCUT2D eigenvalue weighted by molar-refractivity contribution is -0.274. The quantitative estimate of drug-likeness (QED) is 0.674. The second-order valence-corrected chi connectivity index (χ2v) is 3.83. The average Bonchev–Trinajstić information content (AvgIpc) is 2.07. The third-order valence-corrected chi connectivity index (χ3v) is 2.36. The summed E-state index contributed by atoms with van der Waals surface area (Å²) in [5.41, 5.74) is 5.21. The first-order valence-electron chi connectivity index (χ1n) is 4.06. The van der Waals surface area contributed by atoms with Gasteiger partial charge in [-0.05, 0) is 35.0 Å². The predicted molar refractivity (Wildman–Crippen MR) is 55.2 cm³/mol. The number of ketones is 1. The van der Waals surface area contributed by atoms with Crippen molar-refractivity contribution in [1.29, 1.82) is 0 Å². The molecule has 0 aromatic heterocycles. The number of hydrogen-bond donors (Lipinski definition) is 1. The lowest BCUT2D eigenvalue weighted by Crippen LogP contribution is -2.18. The van der Waals surface area contributed by atoms with E-state index in [1.807, 2.05) is 0 Å². The number of nitrogen functional groups attached to an aromatic ring is 1. The minimum atomic E-state index is -4.84. The van der Waals surface area contributed by atoms with Crippen molar-refractivity contribution >= 4 is 27.4 Å². The summed E-state index contributed by atoms with van der Waals surface area (Å²) in [6.45, 7) is 1.23. The number of anilines is 1. The summed E-state index contributed by atoms with van der Waals surface area (Å²) >= 11 is 3.02. The third-order valence-electron chi connectivity index (χ3n) is 1.70. The Morgan fingerprint density at radius 2 is 2.00 bits per heavy atom. The third kappa shape index (κ3) is 3.13. The zero-order chi connectivity index (χ0) is 12.5.